The SMILES string of the molecule is C#Cc1nc(C(=O)N(c2cc(OC)cc(-c3ccccc3)c2)C2CCN(c3ncc(F)cn3)C2=O)cs1. The smallest absolute Gasteiger partial charge is 0.278 e. The molecule has 0 bridgehead atoms. The molecule has 2 amide bonds. The first-order chi connectivity index (χ1) is 18.0. The van der Waals surface area contributed by atoms with Crippen LogP contribution in [0.3, 0.4) is 0 Å². The van der Waals surface area contributed by atoms with Crippen molar-refractivity contribution >= 4 is 34.8 Å². The monoisotopic (exact) mass is 513 g/mol. The van der Waals surface area contributed by atoms with Gasteiger partial charge in [-0.2, -0.15) is 0 Å². The Kier molecular flexibility index (Phi) is 6.62. The van der Waals surface area contributed by atoms with E-state index in [9.17, 15) is 14.0 Å². The second-order valence-electron chi connectivity index (χ2n) is 8.14. The Morgan fingerprint density at radius 2 is 1.95 bits per heavy atom. The summed E-state index contributed by atoms with van der Waals surface area (Å²) in [4.78, 5) is 42.3. The lowest BCUT2D eigenvalue weighted by molar-refractivity contribution is -0.118. The van der Waals surface area contributed by atoms with Crippen molar-refractivity contribution in [2.45, 2.75) is 12.5 Å². The number of hydrogen-bond donors (Lipinski definition) is 0. The summed E-state index contributed by atoms with van der Waals surface area (Å²) >= 11 is 1.17. The van der Waals surface area contributed by atoms with Gasteiger partial charge in [0.15, 0.2) is 10.8 Å². The molecule has 3 heterocycles. The summed E-state index contributed by atoms with van der Waals surface area (Å²) in [7, 11) is 1.54. The topological polar surface area (TPSA) is 88.5 Å². The molecule has 1 saturated heterocycles. The zero-order chi connectivity index (χ0) is 25.9. The van der Waals surface area contributed by atoms with E-state index in [0.717, 1.165) is 23.5 Å². The maximum Gasteiger partial charge on any atom is 0.278 e. The summed E-state index contributed by atoms with van der Waals surface area (Å²) in [5.74, 6) is 1.54. The molecule has 1 unspecified atom stereocenters. The summed E-state index contributed by atoms with van der Waals surface area (Å²) in [5, 5.41) is 1.93. The van der Waals surface area contributed by atoms with Gasteiger partial charge < -0.3 is 4.74 Å². The molecular formula is C27H20FN5O3S. The minimum Gasteiger partial charge on any atom is -0.497 e. The van der Waals surface area contributed by atoms with Gasteiger partial charge in [-0.15, -0.1) is 17.8 Å². The second-order valence-corrected chi connectivity index (χ2v) is 9.00. The van der Waals surface area contributed by atoms with Gasteiger partial charge in [0.1, 0.15) is 17.5 Å². The molecule has 0 N–H and O–H groups in total. The van der Waals surface area contributed by atoms with Crippen LogP contribution in [-0.2, 0) is 4.79 Å². The summed E-state index contributed by atoms with van der Waals surface area (Å²) < 4.78 is 18.9. The molecule has 2 aromatic carbocycles. The van der Waals surface area contributed by atoms with Crippen molar-refractivity contribution in [2.75, 3.05) is 23.5 Å². The Hall–Kier alpha value is -4.62. The molecule has 2 aromatic heterocycles. The van der Waals surface area contributed by atoms with Crippen LogP contribution >= 0.6 is 11.3 Å². The van der Waals surface area contributed by atoms with Gasteiger partial charge in [-0.25, -0.2) is 19.3 Å². The number of thiazole rings is 1. The van der Waals surface area contributed by atoms with Gasteiger partial charge in [-0.3, -0.25) is 19.4 Å². The first-order valence-corrected chi connectivity index (χ1v) is 12.2. The Balaban J connectivity index is 1.60. The normalized spacial score (nSPS) is 14.9. The number of aromatic nitrogens is 3. The fourth-order valence-electron chi connectivity index (χ4n) is 4.19. The second kappa shape index (κ2) is 10.2. The van der Waals surface area contributed by atoms with E-state index in [1.54, 1.807) is 11.4 Å². The zero-order valence-corrected chi connectivity index (χ0v) is 20.5. The predicted octanol–water partition coefficient (Wildman–Crippen LogP) is 4.18. The third kappa shape index (κ3) is 4.77. The van der Waals surface area contributed by atoms with Crippen LogP contribution in [0.2, 0.25) is 0 Å². The summed E-state index contributed by atoms with van der Waals surface area (Å²) in [6, 6.07) is 14.1. The number of benzene rings is 2. The fourth-order valence-corrected chi connectivity index (χ4v) is 4.78. The highest BCUT2D eigenvalue weighted by Crippen LogP contribution is 2.34. The van der Waals surface area contributed by atoms with Gasteiger partial charge in [0.2, 0.25) is 5.95 Å². The van der Waals surface area contributed by atoms with Crippen molar-refractivity contribution < 1.29 is 18.7 Å². The molecule has 1 atom stereocenters. The molecule has 184 valence electrons. The third-order valence-corrected chi connectivity index (χ3v) is 6.69. The molecule has 0 radical (unpaired) electrons. The Morgan fingerprint density at radius 1 is 1.19 bits per heavy atom. The number of terminal acetylenes is 1. The average molecular weight is 514 g/mol. The summed E-state index contributed by atoms with van der Waals surface area (Å²) in [6.45, 7) is 0.251. The van der Waals surface area contributed by atoms with E-state index in [-0.39, 0.29) is 18.2 Å². The molecule has 0 saturated carbocycles. The van der Waals surface area contributed by atoms with Crippen LogP contribution < -0.4 is 14.5 Å². The first-order valence-electron chi connectivity index (χ1n) is 11.3. The fraction of sp³-hybridized carbons (Fsp3) is 0.148. The maximum absolute atomic E-state index is 13.9. The van der Waals surface area contributed by atoms with Crippen LogP contribution in [0.1, 0.15) is 21.9 Å². The van der Waals surface area contributed by atoms with Crippen LogP contribution in [0, 0.1) is 18.2 Å². The van der Waals surface area contributed by atoms with Crippen LogP contribution in [0.15, 0.2) is 66.3 Å². The van der Waals surface area contributed by atoms with Crippen molar-refractivity contribution in [1.82, 2.24) is 15.0 Å². The van der Waals surface area contributed by atoms with E-state index in [2.05, 4.69) is 20.9 Å². The van der Waals surface area contributed by atoms with Crippen LogP contribution in [-0.4, -0.2) is 46.5 Å². The molecule has 1 aliphatic rings. The molecule has 0 aliphatic carbocycles. The van der Waals surface area contributed by atoms with Gasteiger partial charge in [0, 0.05) is 23.7 Å². The molecule has 0 spiro atoms. The van der Waals surface area contributed by atoms with Crippen molar-refractivity contribution in [3.63, 3.8) is 0 Å². The number of amides is 2. The molecule has 10 heteroatoms. The zero-order valence-electron chi connectivity index (χ0n) is 19.7. The van der Waals surface area contributed by atoms with E-state index < -0.39 is 23.7 Å². The minimum absolute atomic E-state index is 0.0696. The first kappa shape index (κ1) is 24.1. The molecule has 5 rings (SSSR count). The number of nitrogens with zero attached hydrogens (tertiary/aromatic N) is 5. The van der Waals surface area contributed by atoms with Crippen LogP contribution in [0.4, 0.5) is 16.0 Å². The Labute approximate surface area is 216 Å². The van der Waals surface area contributed by atoms with Gasteiger partial charge >= 0.3 is 0 Å². The average Bonchev–Trinajstić information content (AvgIpc) is 3.57. The summed E-state index contributed by atoms with van der Waals surface area (Å²) in [5.41, 5.74) is 2.31. The van der Waals surface area contributed by atoms with Crippen LogP contribution in [0.5, 0.6) is 5.75 Å². The number of carbonyl (C=O) groups excluding carboxylic acids is 2. The van der Waals surface area contributed by atoms with E-state index in [1.807, 2.05) is 42.5 Å². The number of carbonyl (C=O) groups is 2. The van der Waals surface area contributed by atoms with Crippen LogP contribution in [0.25, 0.3) is 11.1 Å². The van der Waals surface area contributed by atoms with Crippen molar-refractivity contribution in [2.24, 2.45) is 0 Å². The van der Waals surface area contributed by atoms with Crippen molar-refractivity contribution in [3.8, 4) is 29.2 Å². The Bertz CT molecular complexity index is 1500. The molecular weight excluding hydrogens is 493 g/mol. The van der Waals surface area contributed by atoms with Crippen molar-refractivity contribution in [3.05, 3.63) is 82.8 Å². The van der Waals surface area contributed by atoms with Gasteiger partial charge in [0.25, 0.3) is 11.8 Å². The highest BCUT2D eigenvalue weighted by atomic mass is 32.1. The number of ether oxygens (including phenoxy) is 1. The molecule has 4 aromatic rings. The minimum atomic E-state index is -0.882. The maximum atomic E-state index is 13.9. The highest BCUT2D eigenvalue weighted by Gasteiger charge is 2.41. The number of anilines is 2. The quantitative estimate of drug-likeness (QED) is 0.360. The van der Waals surface area contributed by atoms with E-state index >= 15 is 0 Å². The number of hydrogen-bond acceptors (Lipinski definition) is 7. The summed E-state index contributed by atoms with van der Waals surface area (Å²) in [6.07, 6.45) is 7.76. The number of methoxy groups -OCH3 is 1. The van der Waals surface area contributed by atoms with Gasteiger partial charge in [-0.05, 0) is 35.6 Å². The van der Waals surface area contributed by atoms with Crippen molar-refractivity contribution in [1.29, 1.82) is 0 Å². The lowest BCUT2D eigenvalue weighted by Gasteiger charge is -2.28. The third-order valence-electron chi connectivity index (χ3n) is 5.91. The van der Waals surface area contributed by atoms with E-state index in [1.165, 1.54) is 28.2 Å². The van der Waals surface area contributed by atoms with Gasteiger partial charge in [-0.1, -0.05) is 30.3 Å². The molecule has 8 nitrogen and oxygen atoms in total. The van der Waals surface area contributed by atoms with E-state index in [0.29, 0.717) is 22.9 Å². The standard InChI is InChI=1S/C27H20FN5O3S/c1-3-24-31-22(16-37-24)25(34)33(23-9-10-32(26(23)35)27-29-14-19(28)15-30-27)20-11-18(12-21(13-20)36-2)17-7-5-4-6-8-17/h1,4-8,11-16,23H,9-10H2,2H3. The number of halogens is 1. The lowest BCUT2D eigenvalue weighted by atomic mass is 10.0. The van der Waals surface area contributed by atoms with Gasteiger partial charge in [0.05, 0.1) is 19.5 Å². The molecule has 1 fully saturated rings. The molecule has 37 heavy (non-hydrogen) atoms. The lowest BCUT2D eigenvalue weighted by Crippen LogP contribution is -2.46. The predicted molar refractivity (Wildman–Crippen MR) is 138 cm³/mol. The largest absolute Gasteiger partial charge is 0.497 e. The Morgan fingerprint density at radius 3 is 2.62 bits per heavy atom. The van der Waals surface area contributed by atoms with E-state index in [4.69, 9.17) is 11.2 Å². The molecule has 1 aliphatic heterocycles. The number of rotatable bonds is 6. The highest BCUT2D eigenvalue weighted by molar-refractivity contribution is 7.10.